The molecule has 7 nitrogen and oxygen atoms in total. The highest BCUT2D eigenvalue weighted by Crippen LogP contribution is 2.38. The number of amides is 1. The topological polar surface area (TPSA) is 74.3 Å². The molecule has 0 N–H and O–H groups in total. The zero-order valence-corrected chi connectivity index (χ0v) is 15.8. The molecule has 0 unspecified atom stereocenters. The number of ether oxygens (including phenoxy) is 4. The Morgan fingerprint density at radius 2 is 1.56 bits per heavy atom. The summed E-state index contributed by atoms with van der Waals surface area (Å²) in [5.74, 6) is 0.920. The van der Waals surface area contributed by atoms with E-state index in [1.807, 2.05) is 13.8 Å². The molecule has 0 aliphatic heterocycles. The minimum Gasteiger partial charge on any atom is -0.493 e. The fraction of sp³-hybridized carbons (Fsp3) is 0.556. The van der Waals surface area contributed by atoms with Crippen LogP contribution in [0.3, 0.4) is 0 Å². The third-order valence-electron chi connectivity index (χ3n) is 3.60. The molecule has 0 atom stereocenters. The molecule has 7 heteroatoms. The molecule has 25 heavy (non-hydrogen) atoms. The molecule has 0 spiro atoms. The molecule has 0 heterocycles. The maximum absolute atomic E-state index is 12.9. The van der Waals surface area contributed by atoms with Gasteiger partial charge >= 0.3 is 5.97 Å². The molecule has 140 valence electrons. The van der Waals surface area contributed by atoms with E-state index in [9.17, 15) is 9.59 Å². The zero-order chi connectivity index (χ0) is 19.0. The normalized spacial score (nSPS) is 10.4. The SMILES string of the molecule is COC(=O)CCN(CC(C)C)C(=O)c1cc(OC)c(OC)c(OC)c1. The van der Waals surface area contributed by atoms with Gasteiger partial charge in [0.1, 0.15) is 0 Å². The first-order chi connectivity index (χ1) is 11.9. The molecule has 1 rings (SSSR count). The summed E-state index contributed by atoms with van der Waals surface area (Å²) in [7, 11) is 5.82. The zero-order valence-electron chi connectivity index (χ0n) is 15.8. The van der Waals surface area contributed by atoms with E-state index < -0.39 is 0 Å². The minimum atomic E-state index is -0.355. The van der Waals surface area contributed by atoms with Crippen LogP contribution in [0.1, 0.15) is 30.6 Å². The quantitative estimate of drug-likeness (QED) is 0.635. The van der Waals surface area contributed by atoms with E-state index >= 15 is 0 Å². The molecule has 0 aromatic heterocycles. The van der Waals surface area contributed by atoms with E-state index in [-0.39, 0.29) is 30.8 Å². The Labute approximate surface area is 148 Å². The van der Waals surface area contributed by atoms with Crippen LogP contribution in [-0.4, -0.2) is 58.3 Å². The number of hydrogen-bond donors (Lipinski definition) is 0. The summed E-state index contributed by atoms with van der Waals surface area (Å²) in [6.07, 6.45) is 0.138. The summed E-state index contributed by atoms with van der Waals surface area (Å²) < 4.78 is 20.5. The number of hydrogen-bond acceptors (Lipinski definition) is 6. The standard InChI is InChI=1S/C18H27NO6/c1-12(2)11-19(8-7-16(20)24-5)18(21)13-9-14(22-3)17(25-6)15(10-13)23-4/h9-10,12H,7-8,11H2,1-6H3. The second-order valence-corrected chi connectivity index (χ2v) is 5.89. The van der Waals surface area contributed by atoms with Crippen molar-refractivity contribution in [1.82, 2.24) is 4.90 Å². The third kappa shape index (κ3) is 5.55. The van der Waals surface area contributed by atoms with E-state index in [0.29, 0.717) is 29.4 Å². The fourth-order valence-corrected chi connectivity index (χ4v) is 2.43. The van der Waals surface area contributed by atoms with Crippen molar-refractivity contribution in [3.8, 4) is 17.2 Å². The van der Waals surface area contributed by atoms with Gasteiger partial charge in [0.25, 0.3) is 5.91 Å². The summed E-state index contributed by atoms with van der Waals surface area (Å²) in [5, 5.41) is 0. The number of methoxy groups -OCH3 is 4. The lowest BCUT2D eigenvalue weighted by molar-refractivity contribution is -0.140. The molecule has 1 aromatic carbocycles. The highest BCUT2D eigenvalue weighted by molar-refractivity contribution is 5.96. The molecule has 0 bridgehead atoms. The summed E-state index contributed by atoms with van der Waals surface area (Å²) in [6.45, 7) is 4.81. The van der Waals surface area contributed by atoms with Crippen molar-refractivity contribution >= 4 is 11.9 Å². The lowest BCUT2D eigenvalue weighted by Crippen LogP contribution is -2.36. The van der Waals surface area contributed by atoms with Gasteiger partial charge in [-0.05, 0) is 18.1 Å². The maximum Gasteiger partial charge on any atom is 0.307 e. The first kappa shape index (κ1) is 20.6. The predicted octanol–water partition coefficient (Wildman–Crippen LogP) is 2.37. The van der Waals surface area contributed by atoms with Crippen LogP contribution in [0.15, 0.2) is 12.1 Å². The van der Waals surface area contributed by atoms with Gasteiger partial charge in [0.05, 0.1) is 34.9 Å². The smallest absolute Gasteiger partial charge is 0.307 e. The highest BCUT2D eigenvalue weighted by Gasteiger charge is 2.22. The Kier molecular flexibility index (Phi) is 8.04. The largest absolute Gasteiger partial charge is 0.493 e. The highest BCUT2D eigenvalue weighted by atomic mass is 16.5. The summed E-state index contributed by atoms with van der Waals surface area (Å²) in [5.41, 5.74) is 0.403. The van der Waals surface area contributed by atoms with Crippen molar-refractivity contribution in [3.05, 3.63) is 17.7 Å². The van der Waals surface area contributed by atoms with Crippen molar-refractivity contribution in [1.29, 1.82) is 0 Å². The number of benzene rings is 1. The van der Waals surface area contributed by atoms with Gasteiger partial charge in [0.15, 0.2) is 11.5 Å². The lowest BCUT2D eigenvalue weighted by atomic mass is 10.1. The van der Waals surface area contributed by atoms with Crippen LogP contribution in [0.4, 0.5) is 0 Å². The molecule has 0 fully saturated rings. The lowest BCUT2D eigenvalue weighted by Gasteiger charge is -2.25. The molecule has 0 aliphatic rings. The second-order valence-electron chi connectivity index (χ2n) is 5.89. The van der Waals surface area contributed by atoms with Crippen LogP contribution in [0, 0.1) is 5.92 Å². The van der Waals surface area contributed by atoms with Crippen LogP contribution >= 0.6 is 0 Å². The van der Waals surface area contributed by atoms with Crippen molar-refractivity contribution in [2.24, 2.45) is 5.92 Å². The minimum absolute atomic E-state index is 0.138. The van der Waals surface area contributed by atoms with E-state index in [1.54, 1.807) is 17.0 Å². The number of carbonyl (C=O) groups excluding carboxylic acids is 2. The van der Waals surface area contributed by atoms with Gasteiger partial charge in [0, 0.05) is 18.7 Å². The van der Waals surface area contributed by atoms with Crippen molar-refractivity contribution in [3.63, 3.8) is 0 Å². The van der Waals surface area contributed by atoms with Gasteiger partial charge in [0.2, 0.25) is 5.75 Å². The first-order valence-electron chi connectivity index (χ1n) is 8.04. The van der Waals surface area contributed by atoms with Crippen molar-refractivity contribution in [2.45, 2.75) is 20.3 Å². The number of rotatable bonds is 9. The second kappa shape index (κ2) is 9.76. The molecule has 0 aliphatic carbocycles. The molecule has 0 radical (unpaired) electrons. The van der Waals surface area contributed by atoms with Crippen LogP contribution in [-0.2, 0) is 9.53 Å². The van der Waals surface area contributed by atoms with Crippen molar-refractivity contribution < 1.29 is 28.5 Å². The predicted molar refractivity (Wildman–Crippen MR) is 93.5 cm³/mol. The summed E-state index contributed by atoms with van der Waals surface area (Å²) in [6, 6.07) is 3.21. The van der Waals surface area contributed by atoms with Crippen LogP contribution in [0.2, 0.25) is 0 Å². The Morgan fingerprint density at radius 3 is 1.96 bits per heavy atom. The number of nitrogens with zero attached hydrogens (tertiary/aromatic N) is 1. The van der Waals surface area contributed by atoms with Crippen LogP contribution < -0.4 is 14.2 Å². The number of esters is 1. The Bertz CT molecular complexity index is 574. The monoisotopic (exact) mass is 353 g/mol. The Balaban J connectivity index is 3.15. The van der Waals surface area contributed by atoms with Crippen LogP contribution in [0.25, 0.3) is 0 Å². The van der Waals surface area contributed by atoms with Gasteiger partial charge in [-0.1, -0.05) is 13.8 Å². The van der Waals surface area contributed by atoms with Crippen molar-refractivity contribution in [2.75, 3.05) is 41.5 Å². The molecular weight excluding hydrogens is 326 g/mol. The van der Waals surface area contributed by atoms with Gasteiger partial charge in [-0.15, -0.1) is 0 Å². The van der Waals surface area contributed by atoms with E-state index in [0.717, 1.165) is 0 Å². The third-order valence-corrected chi connectivity index (χ3v) is 3.60. The van der Waals surface area contributed by atoms with Gasteiger partial charge in [-0.2, -0.15) is 0 Å². The Hall–Kier alpha value is -2.44. The van der Waals surface area contributed by atoms with Gasteiger partial charge in [-0.3, -0.25) is 9.59 Å². The molecular formula is C18H27NO6. The van der Waals surface area contributed by atoms with E-state index in [1.165, 1.54) is 28.4 Å². The Morgan fingerprint density at radius 1 is 1.00 bits per heavy atom. The molecule has 0 saturated heterocycles. The molecule has 1 aromatic rings. The average Bonchev–Trinajstić information content (AvgIpc) is 2.62. The van der Waals surface area contributed by atoms with E-state index in [4.69, 9.17) is 14.2 Å². The molecule has 1 amide bonds. The summed E-state index contributed by atoms with van der Waals surface area (Å²) in [4.78, 5) is 26.0. The van der Waals surface area contributed by atoms with E-state index in [2.05, 4.69) is 4.74 Å². The van der Waals surface area contributed by atoms with Gasteiger partial charge < -0.3 is 23.8 Å². The summed E-state index contributed by atoms with van der Waals surface area (Å²) >= 11 is 0. The first-order valence-corrected chi connectivity index (χ1v) is 8.04. The number of carbonyl (C=O) groups is 2. The molecule has 0 saturated carbocycles. The maximum atomic E-state index is 12.9. The van der Waals surface area contributed by atoms with Crippen LogP contribution in [0.5, 0.6) is 17.2 Å². The van der Waals surface area contributed by atoms with Gasteiger partial charge in [-0.25, -0.2) is 0 Å². The fourth-order valence-electron chi connectivity index (χ4n) is 2.43. The average molecular weight is 353 g/mol.